The first-order chi connectivity index (χ1) is 8.61. The number of benzene rings is 2. The van der Waals surface area contributed by atoms with E-state index in [-0.39, 0.29) is 5.56 Å². The number of halogens is 1. The van der Waals surface area contributed by atoms with Gasteiger partial charge in [0.25, 0.3) is 0 Å². The average molecular weight is 246 g/mol. The highest BCUT2D eigenvalue weighted by atomic mass is 19.1. The Morgan fingerprint density at radius 2 is 2.00 bits per heavy atom. The van der Waals surface area contributed by atoms with Crippen LogP contribution in [0.5, 0.6) is 5.75 Å². The summed E-state index contributed by atoms with van der Waals surface area (Å²) in [7, 11) is 1.53. The Labute approximate surface area is 103 Å². The Kier molecular flexibility index (Phi) is 3.28. The van der Waals surface area contributed by atoms with Crippen molar-refractivity contribution in [1.29, 1.82) is 0 Å². The van der Waals surface area contributed by atoms with Gasteiger partial charge in [0.15, 0.2) is 0 Å². The Hall–Kier alpha value is -2.36. The molecule has 0 aliphatic carbocycles. The van der Waals surface area contributed by atoms with Crippen molar-refractivity contribution in [3.63, 3.8) is 0 Å². The average Bonchev–Trinajstić information content (AvgIpc) is 2.38. The molecule has 0 heterocycles. The molecular weight excluding hydrogens is 235 g/mol. The quantitative estimate of drug-likeness (QED) is 0.904. The van der Waals surface area contributed by atoms with Crippen LogP contribution in [0.1, 0.15) is 10.4 Å². The zero-order valence-corrected chi connectivity index (χ0v) is 9.68. The molecule has 1 N–H and O–H groups in total. The van der Waals surface area contributed by atoms with E-state index in [0.29, 0.717) is 16.9 Å². The highest BCUT2D eigenvalue weighted by Gasteiger charge is 2.10. The van der Waals surface area contributed by atoms with Crippen LogP contribution in [0.4, 0.5) is 4.39 Å². The van der Waals surface area contributed by atoms with Crippen LogP contribution in [0.3, 0.4) is 0 Å². The number of rotatable bonds is 3. The van der Waals surface area contributed by atoms with Crippen LogP contribution in [-0.4, -0.2) is 18.2 Å². The van der Waals surface area contributed by atoms with E-state index in [1.54, 1.807) is 24.3 Å². The molecule has 0 saturated heterocycles. The van der Waals surface area contributed by atoms with E-state index in [4.69, 9.17) is 9.84 Å². The molecule has 0 fully saturated rings. The van der Waals surface area contributed by atoms with Gasteiger partial charge in [-0.05, 0) is 29.8 Å². The van der Waals surface area contributed by atoms with Crippen molar-refractivity contribution in [2.75, 3.05) is 7.11 Å². The van der Waals surface area contributed by atoms with Crippen molar-refractivity contribution in [1.82, 2.24) is 0 Å². The number of methoxy groups -OCH3 is 1. The predicted octanol–water partition coefficient (Wildman–Crippen LogP) is 3.20. The number of carbonyl (C=O) groups is 1. The summed E-state index contributed by atoms with van der Waals surface area (Å²) in [5.74, 6) is -1.09. The first-order valence-electron chi connectivity index (χ1n) is 5.29. The SMILES string of the molecule is COc1cccc(-c2ccc(C(=O)O)cc2F)c1. The Balaban J connectivity index is 2.47. The third kappa shape index (κ3) is 2.32. The van der Waals surface area contributed by atoms with Crippen LogP contribution < -0.4 is 4.74 Å². The van der Waals surface area contributed by atoms with Gasteiger partial charge < -0.3 is 9.84 Å². The second kappa shape index (κ2) is 4.87. The zero-order chi connectivity index (χ0) is 13.1. The molecule has 0 aliphatic heterocycles. The zero-order valence-electron chi connectivity index (χ0n) is 9.68. The van der Waals surface area contributed by atoms with Gasteiger partial charge in [-0.1, -0.05) is 18.2 Å². The minimum absolute atomic E-state index is 0.0702. The van der Waals surface area contributed by atoms with E-state index in [9.17, 15) is 9.18 Å². The van der Waals surface area contributed by atoms with Crippen molar-refractivity contribution in [3.05, 3.63) is 53.8 Å². The minimum Gasteiger partial charge on any atom is -0.497 e. The summed E-state index contributed by atoms with van der Waals surface area (Å²) < 4.78 is 18.9. The molecule has 0 radical (unpaired) electrons. The molecule has 2 aromatic carbocycles. The monoisotopic (exact) mass is 246 g/mol. The number of carboxylic acids is 1. The summed E-state index contributed by atoms with van der Waals surface area (Å²) in [5, 5.41) is 8.77. The second-order valence-electron chi connectivity index (χ2n) is 3.73. The number of carboxylic acid groups (broad SMARTS) is 1. The minimum atomic E-state index is -1.15. The number of ether oxygens (including phenoxy) is 1. The van der Waals surface area contributed by atoms with Crippen LogP contribution in [0.15, 0.2) is 42.5 Å². The highest BCUT2D eigenvalue weighted by Crippen LogP contribution is 2.26. The van der Waals surface area contributed by atoms with Gasteiger partial charge in [-0.15, -0.1) is 0 Å². The van der Waals surface area contributed by atoms with Crippen molar-refractivity contribution in [3.8, 4) is 16.9 Å². The van der Waals surface area contributed by atoms with Gasteiger partial charge in [0.1, 0.15) is 11.6 Å². The van der Waals surface area contributed by atoms with Crippen molar-refractivity contribution < 1.29 is 19.0 Å². The topological polar surface area (TPSA) is 46.5 Å². The fraction of sp³-hybridized carbons (Fsp3) is 0.0714. The number of hydrogen-bond acceptors (Lipinski definition) is 2. The summed E-state index contributed by atoms with van der Waals surface area (Å²) in [6.45, 7) is 0. The molecule has 92 valence electrons. The smallest absolute Gasteiger partial charge is 0.335 e. The molecule has 18 heavy (non-hydrogen) atoms. The molecule has 4 heteroatoms. The van der Waals surface area contributed by atoms with Gasteiger partial charge in [-0.3, -0.25) is 0 Å². The van der Waals surface area contributed by atoms with E-state index >= 15 is 0 Å². The normalized spacial score (nSPS) is 10.1. The first-order valence-corrected chi connectivity index (χ1v) is 5.29. The Morgan fingerprint density at radius 3 is 2.61 bits per heavy atom. The lowest BCUT2D eigenvalue weighted by Gasteiger charge is -2.06. The molecule has 0 spiro atoms. The third-order valence-corrected chi connectivity index (χ3v) is 2.60. The van der Waals surface area contributed by atoms with E-state index in [2.05, 4.69) is 0 Å². The molecule has 2 rings (SSSR count). The lowest BCUT2D eigenvalue weighted by molar-refractivity contribution is 0.0696. The summed E-state index contributed by atoms with van der Waals surface area (Å²) in [6.07, 6.45) is 0. The second-order valence-corrected chi connectivity index (χ2v) is 3.73. The molecule has 0 atom stereocenters. The Morgan fingerprint density at radius 1 is 1.22 bits per heavy atom. The molecule has 3 nitrogen and oxygen atoms in total. The summed E-state index contributed by atoms with van der Waals surface area (Å²) >= 11 is 0. The molecule has 0 unspecified atom stereocenters. The molecule has 2 aromatic rings. The number of aromatic carboxylic acids is 1. The van der Waals surface area contributed by atoms with Crippen molar-refractivity contribution >= 4 is 5.97 Å². The van der Waals surface area contributed by atoms with Crippen LogP contribution in [0, 0.1) is 5.82 Å². The van der Waals surface area contributed by atoms with E-state index in [1.165, 1.54) is 19.2 Å². The van der Waals surface area contributed by atoms with Gasteiger partial charge in [-0.2, -0.15) is 0 Å². The first kappa shape index (κ1) is 12.1. The van der Waals surface area contributed by atoms with Crippen LogP contribution in [0.25, 0.3) is 11.1 Å². The maximum Gasteiger partial charge on any atom is 0.335 e. The lowest BCUT2D eigenvalue weighted by atomic mass is 10.0. The molecule has 0 saturated carbocycles. The van der Waals surface area contributed by atoms with Gasteiger partial charge in [-0.25, -0.2) is 9.18 Å². The van der Waals surface area contributed by atoms with Crippen LogP contribution >= 0.6 is 0 Å². The Bertz CT molecular complexity index is 593. The van der Waals surface area contributed by atoms with E-state index in [1.807, 2.05) is 0 Å². The maximum atomic E-state index is 13.8. The van der Waals surface area contributed by atoms with Gasteiger partial charge in [0.05, 0.1) is 12.7 Å². The number of hydrogen-bond donors (Lipinski definition) is 1. The summed E-state index contributed by atoms with van der Waals surface area (Å²) in [6, 6.07) is 10.8. The fourth-order valence-corrected chi connectivity index (χ4v) is 1.67. The molecule has 0 aromatic heterocycles. The largest absolute Gasteiger partial charge is 0.497 e. The van der Waals surface area contributed by atoms with Gasteiger partial charge in [0.2, 0.25) is 0 Å². The van der Waals surface area contributed by atoms with Gasteiger partial charge >= 0.3 is 5.97 Å². The van der Waals surface area contributed by atoms with Crippen molar-refractivity contribution in [2.24, 2.45) is 0 Å². The molecule has 0 aliphatic rings. The molecular formula is C14H11FO3. The molecule has 0 bridgehead atoms. The standard InChI is InChI=1S/C14H11FO3/c1-18-11-4-2-3-9(7-11)12-6-5-10(14(16)17)8-13(12)15/h2-8H,1H3,(H,16,17). The maximum absolute atomic E-state index is 13.8. The predicted molar refractivity (Wildman–Crippen MR) is 65.3 cm³/mol. The molecule has 0 amide bonds. The van der Waals surface area contributed by atoms with E-state index in [0.717, 1.165) is 6.07 Å². The summed E-state index contributed by atoms with van der Waals surface area (Å²) in [4.78, 5) is 10.7. The van der Waals surface area contributed by atoms with E-state index < -0.39 is 11.8 Å². The van der Waals surface area contributed by atoms with Crippen molar-refractivity contribution in [2.45, 2.75) is 0 Å². The van der Waals surface area contributed by atoms with Gasteiger partial charge in [0, 0.05) is 5.56 Å². The van der Waals surface area contributed by atoms with Crippen LogP contribution in [-0.2, 0) is 0 Å². The fourth-order valence-electron chi connectivity index (χ4n) is 1.67. The third-order valence-electron chi connectivity index (χ3n) is 2.60. The lowest BCUT2D eigenvalue weighted by Crippen LogP contribution is -1.97. The summed E-state index contributed by atoms with van der Waals surface area (Å²) in [5.41, 5.74) is 0.918. The highest BCUT2D eigenvalue weighted by molar-refractivity contribution is 5.88. The van der Waals surface area contributed by atoms with Crippen LogP contribution in [0.2, 0.25) is 0 Å².